The number of fused-ring (bicyclic) bond motifs is 1. The van der Waals surface area contributed by atoms with Crippen molar-refractivity contribution in [2.24, 2.45) is 7.05 Å². The van der Waals surface area contributed by atoms with Gasteiger partial charge in [-0.15, -0.1) is 0 Å². The summed E-state index contributed by atoms with van der Waals surface area (Å²) in [5.74, 6) is -0.0340. The Hall–Kier alpha value is -3.37. The van der Waals surface area contributed by atoms with E-state index in [4.69, 9.17) is 4.42 Å². The molecule has 11 heteroatoms. The van der Waals surface area contributed by atoms with Crippen LogP contribution in [0.1, 0.15) is 11.5 Å². The van der Waals surface area contributed by atoms with Crippen LogP contribution in [-0.4, -0.2) is 32.0 Å². The lowest BCUT2D eigenvalue weighted by Gasteiger charge is -2.17. The fraction of sp³-hybridized carbons (Fsp3) is 0.294. The molecule has 1 amide bonds. The molecule has 3 rings (SSSR count). The third-order valence-corrected chi connectivity index (χ3v) is 4.17. The fourth-order valence-corrected chi connectivity index (χ4v) is 2.65. The van der Waals surface area contributed by atoms with Crippen LogP contribution in [0.2, 0.25) is 0 Å². The molecule has 0 aliphatic carbocycles. The van der Waals surface area contributed by atoms with Gasteiger partial charge in [-0.25, -0.2) is 9.78 Å². The molecule has 0 saturated heterocycles. The minimum Gasteiger partial charge on any atom is -0.467 e. The maximum atomic E-state index is 12.9. The number of furan rings is 1. The van der Waals surface area contributed by atoms with Gasteiger partial charge in [-0.3, -0.25) is 18.7 Å². The lowest BCUT2D eigenvalue weighted by atomic mass is 10.2. The molecule has 0 N–H and O–H groups in total. The summed E-state index contributed by atoms with van der Waals surface area (Å²) in [7, 11) is 2.66. The van der Waals surface area contributed by atoms with E-state index in [1.54, 1.807) is 12.1 Å². The number of carbonyl (C=O) groups excluding carboxylic acids is 1. The summed E-state index contributed by atoms with van der Waals surface area (Å²) in [6.45, 7) is -0.440. The number of aryl methyl sites for hydroxylation is 1. The van der Waals surface area contributed by atoms with Gasteiger partial charge >= 0.3 is 11.9 Å². The smallest absolute Gasteiger partial charge is 0.433 e. The van der Waals surface area contributed by atoms with Crippen LogP contribution in [0, 0.1) is 0 Å². The van der Waals surface area contributed by atoms with E-state index in [0.29, 0.717) is 16.4 Å². The Morgan fingerprint density at radius 2 is 1.96 bits per heavy atom. The first-order valence-corrected chi connectivity index (χ1v) is 8.03. The minimum atomic E-state index is -4.72. The average Bonchev–Trinajstić information content (AvgIpc) is 3.15. The molecule has 148 valence electrons. The number of nitrogens with zero attached hydrogens (tertiary/aromatic N) is 4. The van der Waals surface area contributed by atoms with Gasteiger partial charge in [0.05, 0.1) is 18.2 Å². The maximum absolute atomic E-state index is 12.9. The Morgan fingerprint density at radius 1 is 1.25 bits per heavy atom. The molecular formula is C17H15F3N4O4. The summed E-state index contributed by atoms with van der Waals surface area (Å²) in [5, 5.41) is -0.198. The summed E-state index contributed by atoms with van der Waals surface area (Å²) in [4.78, 5) is 42.1. The molecule has 3 aromatic rings. The van der Waals surface area contributed by atoms with Crippen molar-refractivity contribution in [2.75, 3.05) is 7.05 Å². The average molecular weight is 396 g/mol. The predicted molar refractivity (Wildman–Crippen MR) is 91.4 cm³/mol. The van der Waals surface area contributed by atoms with Crippen molar-refractivity contribution >= 4 is 16.9 Å². The highest BCUT2D eigenvalue weighted by Gasteiger charge is 2.33. The van der Waals surface area contributed by atoms with Crippen molar-refractivity contribution in [3.63, 3.8) is 0 Å². The Morgan fingerprint density at radius 3 is 2.57 bits per heavy atom. The van der Waals surface area contributed by atoms with Crippen LogP contribution in [0.3, 0.4) is 0 Å². The number of aromatic nitrogens is 3. The molecule has 0 aliphatic rings. The van der Waals surface area contributed by atoms with Gasteiger partial charge in [0.2, 0.25) is 5.91 Å². The van der Waals surface area contributed by atoms with Crippen LogP contribution in [0.4, 0.5) is 13.2 Å². The monoisotopic (exact) mass is 396 g/mol. The topological polar surface area (TPSA) is 90.3 Å². The number of carbonyl (C=O) groups is 1. The number of hydrogen-bond donors (Lipinski definition) is 0. The zero-order valence-corrected chi connectivity index (χ0v) is 14.9. The van der Waals surface area contributed by atoms with Crippen LogP contribution >= 0.6 is 0 Å². The first-order valence-electron chi connectivity index (χ1n) is 8.03. The summed E-state index contributed by atoms with van der Waals surface area (Å²) in [6, 6.07) is 4.91. The number of rotatable bonds is 4. The largest absolute Gasteiger partial charge is 0.467 e. The fourth-order valence-electron chi connectivity index (χ4n) is 2.65. The second-order valence-electron chi connectivity index (χ2n) is 6.13. The molecule has 3 heterocycles. The van der Waals surface area contributed by atoms with Gasteiger partial charge in [0.15, 0.2) is 0 Å². The summed E-state index contributed by atoms with van der Waals surface area (Å²) in [5.41, 5.74) is -3.46. The van der Waals surface area contributed by atoms with E-state index in [-0.39, 0.29) is 11.9 Å². The minimum absolute atomic E-state index is 0.130. The van der Waals surface area contributed by atoms with Gasteiger partial charge in [-0.1, -0.05) is 0 Å². The number of amides is 1. The van der Waals surface area contributed by atoms with Gasteiger partial charge in [0, 0.05) is 14.1 Å². The second-order valence-corrected chi connectivity index (χ2v) is 6.13. The van der Waals surface area contributed by atoms with E-state index in [1.165, 1.54) is 25.3 Å². The van der Waals surface area contributed by atoms with E-state index in [2.05, 4.69) is 4.98 Å². The van der Waals surface area contributed by atoms with E-state index in [1.807, 2.05) is 0 Å². The maximum Gasteiger partial charge on any atom is 0.433 e. The molecular weight excluding hydrogens is 381 g/mol. The molecule has 0 aliphatic heterocycles. The van der Waals surface area contributed by atoms with Crippen molar-refractivity contribution in [3.05, 3.63) is 62.8 Å². The molecule has 0 fully saturated rings. The van der Waals surface area contributed by atoms with Crippen LogP contribution in [0.25, 0.3) is 11.0 Å². The number of likely N-dealkylation sites (N-methyl/N-ethyl adjacent to an activating group) is 1. The van der Waals surface area contributed by atoms with Gasteiger partial charge < -0.3 is 9.32 Å². The Balaban J connectivity index is 1.99. The van der Waals surface area contributed by atoms with E-state index in [0.717, 1.165) is 10.6 Å². The van der Waals surface area contributed by atoms with E-state index >= 15 is 0 Å². The Labute approximate surface area is 155 Å². The van der Waals surface area contributed by atoms with E-state index in [9.17, 15) is 27.6 Å². The second kappa shape index (κ2) is 6.98. The number of alkyl halides is 3. The third kappa shape index (κ3) is 3.55. The third-order valence-electron chi connectivity index (χ3n) is 4.17. The number of pyridine rings is 1. The zero-order valence-electron chi connectivity index (χ0n) is 14.9. The highest BCUT2D eigenvalue weighted by molar-refractivity contribution is 5.77. The molecule has 0 spiro atoms. The van der Waals surface area contributed by atoms with Gasteiger partial charge in [0.25, 0.3) is 5.56 Å². The Kier molecular flexibility index (Phi) is 4.84. The van der Waals surface area contributed by atoms with Crippen LogP contribution < -0.4 is 11.2 Å². The molecule has 0 unspecified atom stereocenters. The van der Waals surface area contributed by atoms with Crippen molar-refractivity contribution < 1.29 is 22.4 Å². The van der Waals surface area contributed by atoms with Gasteiger partial charge in [0.1, 0.15) is 23.6 Å². The molecule has 28 heavy (non-hydrogen) atoms. The number of halogens is 3. The standard InChI is InChI=1S/C17H15F3N4O4/c1-22(8-10-4-3-7-28-10)13(25)9-24-15(26)11-5-6-12(17(18,19)20)21-14(11)23(2)16(24)27/h3-7H,8-9H2,1-2H3. The molecule has 3 aromatic heterocycles. The van der Waals surface area contributed by atoms with E-state index < -0.39 is 41.2 Å². The molecule has 0 radical (unpaired) electrons. The van der Waals surface area contributed by atoms with Gasteiger partial charge in [-0.2, -0.15) is 13.2 Å². The predicted octanol–water partition coefficient (Wildman–Crippen LogP) is 1.37. The molecule has 8 nitrogen and oxygen atoms in total. The van der Waals surface area contributed by atoms with Crippen molar-refractivity contribution in [3.8, 4) is 0 Å². The SMILES string of the molecule is CN(Cc1ccco1)C(=O)Cn1c(=O)c2ccc(C(F)(F)F)nc2n(C)c1=O. The van der Waals surface area contributed by atoms with Crippen molar-refractivity contribution in [1.82, 2.24) is 19.0 Å². The van der Waals surface area contributed by atoms with Gasteiger partial charge in [-0.05, 0) is 24.3 Å². The molecule has 0 saturated carbocycles. The molecule has 0 atom stereocenters. The first-order chi connectivity index (χ1) is 13.1. The number of hydrogen-bond acceptors (Lipinski definition) is 5. The quantitative estimate of drug-likeness (QED) is 0.664. The Bertz CT molecular complexity index is 1150. The van der Waals surface area contributed by atoms with Crippen LogP contribution in [0.15, 0.2) is 44.5 Å². The normalized spacial score (nSPS) is 11.8. The van der Waals surface area contributed by atoms with Crippen LogP contribution in [-0.2, 0) is 31.1 Å². The molecule has 0 bridgehead atoms. The lowest BCUT2D eigenvalue weighted by Crippen LogP contribution is -2.43. The first kappa shape index (κ1) is 19.4. The summed E-state index contributed by atoms with van der Waals surface area (Å²) >= 11 is 0. The van der Waals surface area contributed by atoms with Crippen molar-refractivity contribution in [1.29, 1.82) is 0 Å². The summed E-state index contributed by atoms with van der Waals surface area (Å²) in [6.07, 6.45) is -3.27. The summed E-state index contributed by atoms with van der Waals surface area (Å²) < 4.78 is 45.2. The van der Waals surface area contributed by atoms with Crippen LogP contribution in [0.5, 0.6) is 0 Å². The highest BCUT2D eigenvalue weighted by Crippen LogP contribution is 2.28. The lowest BCUT2D eigenvalue weighted by molar-refractivity contribution is -0.141. The van der Waals surface area contributed by atoms with Crippen molar-refractivity contribution in [2.45, 2.75) is 19.3 Å². The zero-order chi connectivity index (χ0) is 20.6. The highest BCUT2D eigenvalue weighted by atomic mass is 19.4. The molecule has 0 aromatic carbocycles.